The van der Waals surface area contributed by atoms with E-state index in [1.807, 2.05) is 0 Å². The highest BCUT2D eigenvalue weighted by Crippen LogP contribution is 2.21. The van der Waals surface area contributed by atoms with Gasteiger partial charge in [-0.25, -0.2) is 0 Å². The van der Waals surface area contributed by atoms with Crippen LogP contribution in [0.3, 0.4) is 0 Å². The first-order valence-electron chi connectivity index (χ1n) is 5.72. The maximum atomic E-state index is 5.71. The van der Waals surface area contributed by atoms with Gasteiger partial charge in [-0.15, -0.1) is 0 Å². The molecule has 0 aromatic heterocycles. The number of hydrogen-bond donors (Lipinski definition) is 1. The molecule has 13 heavy (non-hydrogen) atoms. The minimum absolute atomic E-state index is 0.757. The summed E-state index contributed by atoms with van der Waals surface area (Å²) in [6.07, 6.45) is 5.31. The molecule has 1 rings (SSSR count). The van der Waals surface area contributed by atoms with Crippen molar-refractivity contribution in [1.82, 2.24) is 4.90 Å². The molecule has 1 fully saturated rings. The van der Waals surface area contributed by atoms with Crippen LogP contribution < -0.4 is 5.73 Å². The van der Waals surface area contributed by atoms with Gasteiger partial charge in [-0.05, 0) is 45.2 Å². The highest BCUT2D eigenvalue weighted by molar-refractivity contribution is 4.78. The second-order valence-corrected chi connectivity index (χ2v) is 4.38. The molecule has 2 atom stereocenters. The fourth-order valence-electron chi connectivity index (χ4n) is 2.13. The zero-order valence-corrected chi connectivity index (χ0v) is 9.13. The minimum atomic E-state index is 0.757. The van der Waals surface area contributed by atoms with Gasteiger partial charge in [-0.1, -0.05) is 13.3 Å². The van der Waals surface area contributed by atoms with Gasteiger partial charge in [0.15, 0.2) is 0 Å². The smallest absolute Gasteiger partial charge is 0.00671 e. The Labute approximate surface area is 82.5 Å². The number of unbranched alkanes of at least 4 members (excludes halogenated alkanes) is 1. The van der Waals surface area contributed by atoms with Crippen molar-refractivity contribution in [3.63, 3.8) is 0 Å². The molecular formula is C11H24N2. The highest BCUT2D eigenvalue weighted by Gasteiger charge is 2.23. The standard InChI is InChI=1S/C11H24N2/c1-3-4-7-13-9-11(8-12)6-5-10(13)2/h10-11H,3-9,12H2,1-2H3. The second-order valence-electron chi connectivity index (χ2n) is 4.38. The van der Waals surface area contributed by atoms with Crippen LogP contribution in [0, 0.1) is 5.92 Å². The maximum Gasteiger partial charge on any atom is 0.00671 e. The number of nitrogens with two attached hydrogens (primary N) is 1. The molecule has 78 valence electrons. The van der Waals surface area contributed by atoms with E-state index in [-0.39, 0.29) is 0 Å². The van der Waals surface area contributed by atoms with Gasteiger partial charge in [-0.3, -0.25) is 0 Å². The van der Waals surface area contributed by atoms with Crippen molar-refractivity contribution >= 4 is 0 Å². The number of rotatable bonds is 4. The third-order valence-corrected chi connectivity index (χ3v) is 3.24. The van der Waals surface area contributed by atoms with E-state index in [1.165, 1.54) is 38.8 Å². The van der Waals surface area contributed by atoms with E-state index in [1.54, 1.807) is 0 Å². The molecule has 1 heterocycles. The molecule has 2 heteroatoms. The van der Waals surface area contributed by atoms with Crippen LogP contribution in [0.4, 0.5) is 0 Å². The van der Waals surface area contributed by atoms with Gasteiger partial charge in [0.05, 0.1) is 0 Å². The van der Waals surface area contributed by atoms with Gasteiger partial charge in [-0.2, -0.15) is 0 Å². The first-order chi connectivity index (χ1) is 6.27. The monoisotopic (exact) mass is 184 g/mol. The minimum Gasteiger partial charge on any atom is -0.330 e. The van der Waals surface area contributed by atoms with Gasteiger partial charge in [0, 0.05) is 12.6 Å². The van der Waals surface area contributed by atoms with Crippen LogP contribution in [0.25, 0.3) is 0 Å². The molecule has 1 aliphatic rings. The third-order valence-electron chi connectivity index (χ3n) is 3.24. The van der Waals surface area contributed by atoms with E-state index in [2.05, 4.69) is 18.7 Å². The lowest BCUT2D eigenvalue weighted by molar-refractivity contribution is 0.119. The van der Waals surface area contributed by atoms with Crippen LogP contribution in [-0.2, 0) is 0 Å². The van der Waals surface area contributed by atoms with Crippen LogP contribution in [0.5, 0.6) is 0 Å². The van der Waals surface area contributed by atoms with Crippen LogP contribution in [-0.4, -0.2) is 30.6 Å². The van der Waals surface area contributed by atoms with Crippen LogP contribution in [0.15, 0.2) is 0 Å². The highest BCUT2D eigenvalue weighted by atomic mass is 15.2. The summed E-state index contributed by atoms with van der Waals surface area (Å²) >= 11 is 0. The topological polar surface area (TPSA) is 29.3 Å². The van der Waals surface area contributed by atoms with E-state index >= 15 is 0 Å². The Balaban J connectivity index is 2.31. The average Bonchev–Trinajstić information content (AvgIpc) is 2.17. The maximum absolute atomic E-state index is 5.71. The van der Waals surface area contributed by atoms with E-state index in [4.69, 9.17) is 5.73 Å². The number of likely N-dealkylation sites (tertiary alicyclic amines) is 1. The summed E-state index contributed by atoms with van der Waals surface area (Å²) < 4.78 is 0. The number of nitrogens with zero attached hydrogens (tertiary/aromatic N) is 1. The summed E-state index contributed by atoms with van der Waals surface area (Å²) in [5, 5.41) is 0. The number of piperidine rings is 1. The lowest BCUT2D eigenvalue weighted by atomic mass is 9.93. The van der Waals surface area contributed by atoms with Crippen molar-refractivity contribution in [2.24, 2.45) is 11.7 Å². The molecule has 0 amide bonds. The first kappa shape index (κ1) is 11.0. The van der Waals surface area contributed by atoms with Crippen molar-refractivity contribution in [2.45, 2.75) is 45.6 Å². The van der Waals surface area contributed by atoms with Crippen LogP contribution in [0.2, 0.25) is 0 Å². The van der Waals surface area contributed by atoms with Crippen molar-refractivity contribution in [2.75, 3.05) is 19.6 Å². The predicted molar refractivity (Wildman–Crippen MR) is 57.7 cm³/mol. The molecule has 2 nitrogen and oxygen atoms in total. The quantitative estimate of drug-likeness (QED) is 0.722. The molecule has 0 aliphatic carbocycles. The van der Waals surface area contributed by atoms with Gasteiger partial charge in [0.25, 0.3) is 0 Å². The summed E-state index contributed by atoms with van der Waals surface area (Å²) in [4.78, 5) is 2.62. The molecule has 0 radical (unpaired) electrons. The first-order valence-corrected chi connectivity index (χ1v) is 5.72. The normalized spacial score (nSPS) is 30.7. The van der Waals surface area contributed by atoms with Crippen molar-refractivity contribution in [1.29, 1.82) is 0 Å². The Kier molecular flexibility index (Phi) is 4.74. The average molecular weight is 184 g/mol. The molecule has 0 bridgehead atoms. The fourth-order valence-corrected chi connectivity index (χ4v) is 2.13. The van der Waals surface area contributed by atoms with Crippen molar-refractivity contribution in [3.8, 4) is 0 Å². The lowest BCUT2D eigenvalue weighted by Crippen LogP contribution is -2.44. The summed E-state index contributed by atoms with van der Waals surface area (Å²) in [6, 6.07) is 0.786. The summed E-state index contributed by atoms with van der Waals surface area (Å²) in [6.45, 7) is 7.98. The largest absolute Gasteiger partial charge is 0.330 e. The van der Waals surface area contributed by atoms with E-state index in [9.17, 15) is 0 Å². The fraction of sp³-hybridized carbons (Fsp3) is 1.00. The zero-order chi connectivity index (χ0) is 9.68. The Morgan fingerprint density at radius 1 is 1.38 bits per heavy atom. The molecule has 2 N–H and O–H groups in total. The van der Waals surface area contributed by atoms with Gasteiger partial charge >= 0.3 is 0 Å². The van der Waals surface area contributed by atoms with Crippen molar-refractivity contribution in [3.05, 3.63) is 0 Å². The number of hydrogen-bond acceptors (Lipinski definition) is 2. The van der Waals surface area contributed by atoms with Gasteiger partial charge in [0.2, 0.25) is 0 Å². The Morgan fingerprint density at radius 3 is 2.77 bits per heavy atom. The van der Waals surface area contributed by atoms with Crippen molar-refractivity contribution < 1.29 is 0 Å². The molecule has 1 aliphatic heterocycles. The van der Waals surface area contributed by atoms with E-state index < -0.39 is 0 Å². The van der Waals surface area contributed by atoms with Crippen LogP contribution >= 0.6 is 0 Å². The zero-order valence-electron chi connectivity index (χ0n) is 9.13. The van der Waals surface area contributed by atoms with Gasteiger partial charge < -0.3 is 10.6 Å². The molecule has 1 saturated heterocycles. The predicted octanol–water partition coefficient (Wildman–Crippen LogP) is 1.85. The molecular weight excluding hydrogens is 160 g/mol. The second kappa shape index (κ2) is 5.61. The Bertz CT molecular complexity index is 136. The van der Waals surface area contributed by atoms with E-state index in [0.29, 0.717) is 0 Å². The van der Waals surface area contributed by atoms with Gasteiger partial charge in [0.1, 0.15) is 0 Å². The summed E-state index contributed by atoms with van der Waals surface area (Å²) in [5.41, 5.74) is 5.71. The summed E-state index contributed by atoms with van der Waals surface area (Å²) in [5.74, 6) is 0.757. The molecule has 0 aromatic rings. The third kappa shape index (κ3) is 3.28. The van der Waals surface area contributed by atoms with Crippen LogP contribution in [0.1, 0.15) is 39.5 Å². The lowest BCUT2D eigenvalue weighted by Gasteiger charge is -2.37. The molecule has 0 spiro atoms. The summed E-state index contributed by atoms with van der Waals surface area (Å²) in [7, 11) is 0. The molecule has 0 saturated carbocycles. The Morgan fingerprint density at radius 2 is 2.15 bits per heavy atom. The SMILES string of the molecule is CCCCN1CC(CN)CCC1C. The van der Waals surface area contributed by atoms with E-state index in [0.717, 1.165) is 18.5 Å². The Hall–Kier alpha value is -0.0800. The molecule has 0 aromatic carbocycles. The molecule has 2 unspecified atom stereocenters.